The number of ether oxygens (including phenoxy) is 2. The third-order valence-corrected chi connectivity index (χ3v) is 4.27. The first-order valence-corrected chi connectivity index (χ1v) is 11.7. The summed E-state index contributed by atoms with van der Waals surface area (Å²) in [6.07, 6.45) is 4.21. The molecule has 0 fully saturated rings. The van der Waals surface area contributed by atoms with Gasteiger partial charge in [0.25, 0.3) is 0 Å². The minimum Gasteiger partial charge on any atom is -0.508 e. The summed E-state index contributed by atoms with van der Waals surface area (Å²) < 4.78 is 11.0. The van der Waals surface area contributed by atoms with E-state index in [1.165, 1.54) is 6.08 Å². The minimum absolute atomic E-state index is 0.249. The minimum atomic E-state index is -0.480. The summed E-state index contributed by atoms with van der Waals surface area (Å²) in [5.41, 5.74) is 1.64. The first kappa shape index (κ1) is 31.9. The van der Waals surface area contributed by atoms with Gasteiger partial charge in [-0.2, -0.15) is 0 Å². The standard InChI is InChI=1S/C14H18O3.C7H7BrO.C7H12O2/c1-10-9-11(5-7-12(10)15)6-8-13(16)17-14(2,3)4;1-5-4-6(8)2-3-7(5)9;1-5-6(8)9-7(2,3)4/h5-9,15H,1-4H3;2-4,9H,1H3;5H,1H2,2-4H3/b8-6+;;. The van der Waals surface area contributed by atoms with Gasteiger partial charge in [-0.15, -0.1) is 0 Å². The highest BCUT2D eigenvalue weighted by Gasteiger charge is 2.14. The Hall–Kier alpha value is -3.06. The lowest BCUT2D eigenvalue weighted by atomic mass is 10.1. The Bertz CT molecular complexity index is 1030. The molecule has 0 heterocycles. The number of esters is 2. The average molecular weight is 550 g/mol. The second kappa shape index (κ2) is 14.4. The summed E-state index contributed by atoms with van der Waals surface area (Å²) in [5.74, 6) is -0.150. The number of carbonyl (C=O) groups is 2. The van der Waals surface area contributed by atoms with Gasteiger partial charge in [0.1, 0.15) is 22.7 Å². The fourth-order valence-electron chi connectivity index (χ4n) is 2.24. The maximum atomic E-state index is 11.4. The van der Waals surface area contributed by atoms with Crippen LogP contribution in [0.5, 0.6) is 11.5 Å². The summed E-state index contributed by atoms with van der Waals surface area (Å²) in [4.78, 5) is 21.9. The molecule has 7 heteroatoms. The van der Waals surface area contributed by atoms with Crippen LogP contribution in [-0.2, 0) is 19.1 Å². The van der Waals surface area contributed by atoms with Crippen LogP contribution in [0, 0.1) is 13.8 Å². The molecule has 0 saturated carbocycles. The fourth-order valence-corrected chi connectivity index (χ4v) is 2.72. The molecule has 0 atom stereocenters. The zero-order chi connectivity index (χ0) is 27.4. The van der Waals surface area contributed by atoms with Crippen molar-refractivity contribution in [1.82, 2.24) is 0 Å². The van der Waals surface area contributed by atoms with Crippen molar-refractivity contribution < 1.29 is 29.3 Å². The van der Waals surface area contributed by atoms with Crippen LogP contribution in [0.3, 0.4) is 0 Å². The van der Waals surface area contributed by atoms with E-state index in [0.29, 0.717) is 5.75 Å². The molecule has 6 nitrogen and oxygen atoms in total. The lowest BCUT2D eigenvalue weighted by Crippen LogP contribution is -2.22. The second-order valence-electron chi connectivity index (χ2n) is 9.58. The number of carbonyl (C=O) groups excluding carboxylic acids is 2. The number of aryl methyl sites for hydroxylation is 2. The van der Waals surface area contributed by atoms with Crippen molar-refractivity contribution >= 4 is 33.9 Å². The van der Waals surface area contributed by atoms with Crippen LogP contribution in [0.15, 0.2) is 59.6 Å². The molecule has 2 rings (SSSR count). The Morgan fingerprint density at radius 3 is 1.66 bits per heavy atom. The first-order valence-electron chi connectivity index (χ1n) is 10.9. The molecule has 0 saturated heterocycles. The molecule has 0 aliphatic carbocycles. The highest BCUT2D eigenvalue weighted by molar-refractivity contribution is 9.10. The van der Waals surface area contributed by atoms with Gasteiger partial charge in [-0.1, -0.05) is 28.6 Å². The van der Waals surface area contributed by atoms with Crippen LogP contribution in [0.25, 0.3) is 6.08 Å². The van der Waals surface area contributed by atoms with E-state index in [4.69, 9.17) is 14.6 Å². The van der Waals surface area contributed by atoms with Crippen molar-refractivity contribution in [2.24, 2.45) is 0 Å². The molecule has 2 aromatic carbocycles. The topological polar surface area (TPSA) is 93.1 Å². The van der Waals surface area contributed by atoms with Crippen LogP contribution >= 0.6 is 15.9 Å². The van der Waals surface area contributed by atoms with Crippen LogP contribution in [0.4, 0.5) is 0 Å². The molecule has 0 aliphatic heterocycles. The summed E-state index contributed by atoms with van der Waals surface area (Å²) in [6, 6.07) is 10.5. The maximum Gasteiger partial charge on any atom is 0.331 e. The molecule has 0 bridgehead atoms. The van der Waals surface area contributed by atoms with Crippen molar-refractivity contribution in [3.05, 3.63) is 76.3 Å². The van der Waals surface area contributed by atoms with E-state index in [2.05, 4.69) is 22.5 Å². The molecule has 192 valence electrons. The quantitative estimate of drug-likeness (QED) is 0.315. The Kier molecular flexibility index (Phi) is 13.1. The van der Waals surface area contributed by atoms with Gasteiger partial charge in [0.15, 0.2) is 0 Å². The van der Waals surface area contributed by atoms with Crippen molar-refractivity contribution in [3.8, 4) is 11.5 Å². The number of rotatable bonds is 3. The predicted molar refractivity (Wildman–Crippen MR) is 144 cm³/mol. The number of phenolic OH excluding ortho intramolecular Hbond substituents is 2. The van der Waals surface area contributed by atoms with E-state index in [-0.39, 0.29) is 17.7 Å². The number of hydrogen-bond acceptors (Lipinski definition) is 6. The maximum absolute atomic E-state index is 11.4. The summed E-state index contributed by atoms with van der Waals surface area (Å²) in [6.45, 7) is 17.8. The molecule has 0 unspecified atom stereocenters. The van der Waals surface area contributed by atoms with Crippen molar-refractivity contribution in [1.29, 1.82) is 0 Å². The van der Waals surface area contributed by atoms with E-state index in [0.717, 1.165) is 27.2 Å². The first-order chi connectivity index (χ1) is 15.9. The van der Waals surface area contributed by atoms with Gasteiger partial charge in [0.05, 0.1) is 0 Å². The number of hydrogen-bond donors (Lipinski definition) is 2. The number of benzene rings is 2. The van der Waals surface area contributed by atoms with Gasteiger partial charge in [0, 0.05) is 16.6 Å². The third-order valence-electron chi connectivity index (χ3n) is 3.77. The molecular weight excluding hydrogens is 512 g/mol. The van der Waals surface area contributed by atoms with Gasteiger partial charge in [-0.25, -0.2) is 9.59 Å². The SMILES string of the molecule is C=CC(=O)OC(C)(C)C.Cc1cc(/C=C/C(=O)OC(C)(C)C)ccc1O.Cc1cc(Br)ccc1O. The summed E-state index contributed by atoms with van der Waals surface area (Å²) in [7, 11) is 0. The number of aromatic hydroxyl groups is 2. The highest BCUT2D eigenvalue weighted by Crippen LogP contribution is 2.20. The van der Waals surface area contributed by atoms with Crippen molar-refractivity contribution in [2.75, 3.05) is 0 Å². The normalized spacial score (nSPS) is 10.9. The molecule has 2 aromatic rings. The molecule has 0 radical (unpaired) electrons. The van der Waals surface area contributed by atoms with Crippen LogP contribution in [0.1, 0.15) is 58.2 Å². The van der Waals surface area contributed by atoms with E-state index < -0.39 is 11.2 Å². The van der Waals surface area contributed by atoms with Crippen molar-refractivity contribution in [2.45, 2.75) is 66.6 Å². The summed E-state index contributed by atoms with van der Waals surface area (Å²) in [5, 5.41) is 18.4. The van der Waals surface area contributed by atoms with Gasteiger partial charge in [-0.05, 0) is 108 Å². The molecule has 0 aliphatic rings. The van der Waals surface area contributed by atoms with Crippen LogP contribution < -0.4 is 0 Å². The van der Waals surface area contributed by atoms with Crippen molar-refractivity contribution in [3.63, 3.8) is 0 Å². The average Bonchev–Trinajstić information content (AvgIpc) is 2.70. The largest absolute Gasteiger partial charge is 0.508 e. The Morgan fingerprint density at radius 2 is 1.29 bits per heavy atom. The molecule has 0 amide bonds. The molecular formula is C28H37BrO6. The highest BCUT2D eigenvalue weighted by atomic mass is 79.9. The van der Waals surface area contributed by atoms with Crippen LogP contribution in [0.2, 0.25) is 0 Å². The zero-order valence-corrected chi connectivity index (χ0v) is 23.4. The zero-order valence-electron chi connectivity index (χ0n) is 21.8. The predicted octanol–water partition coefficient (Wildman–Crippen LogP) is 7.03. The number of phenols is 2. The molecule has 2 N–H and O–H groups in total. The van der Waals surface area contributed by atoms with Gasteiger partial charge in [0.2, 0.25) is 0 Å². The van der Waals surface area contributed by atoms with E-state index >= 15 is 0 Å². The Labute approximate surface area is 217 Å². The lowest BCUT2D eigenvalue weighted by molar-refractivity contribution is -0.149. The van der Waals surface area contributed by atoms with Gasteiger partial charge < -0.3 is 19.7 Å². The summed E-state index contributed by atoms with van der Waals surface area (Å²) >= 11 is 3.29. The van der Waals surface area contributed by atoms with Gasteiger partial charge >= 0.3 is 11.9 Å². The number of halogens is 1. The van der Waals surface area contributed by atoms with Gasteiger partial charge in [-0.3, -0.25) is 0 Å². The van der Waals surface area contributed by atoms with E-state index in [9.17, 15) is 14.7 Å². The molecule has 0 aromatic heterocycles. The smallest absolute Gasteiger partial charge is 0.331 e. The van der Waals surface area contributed by atoms with Crippen LogP contribution in [-0.4, -0.2) is 33.4 Å². The fraction of sp³-hybridized carbons (Fsp3) is 0.357. The monoisotopic (exact) mass is 548 g/mol. The molecule has 35 heavy (non-hydrogen) atoms. The lowest BCUT2D eigenvalue weighted by Gasteiger charge is -2.17. The van der Waals surface area contributed by atoms with E-state index in [1.807, 2.05) is 60.6 Å². The second-order valence-corrected chi connectivity index (χ2v) is 10.5. The van der Waals surface area contributed by atoms with E-state index in [1.54, 1.807) is 37.3 Å². The third kappa shape index (κ3) is 16.2. The molecule has 0 spiro atoms. The Morgan fingerprint density at radius 1 is 0.829 bits per heavy atom. The Balaban J connectivity index is 0.000000543.